The molecule has 2 N–H and O–H groups in total. The van der Waals surface area contributed by atoms with Crippen molar-refractivity contribution in [1.29, 1.82) is 0 Å². The van der Waals surface area contributed by atoms with Crippen molar-refractivity contribution in [2.45, 2.75) is 34.1 Å². The molecule has 0 fully saturated rings. The van der Waals surface area contributed by atoms with E-state index in [2.05, 4.69) is 10.4 Å². The number of carboxylic acid groups (broad SMARTS) is 1. The molecule has 6 heteroatoms. The highest BCUT2D eigenvalue weighted by Crippen LogP contribution is 2.14. The Hall–Kier alpha value is -2.63. The maximum Gasteiger partial charge on any atom is 0.308 e. The average Bonchev–Trinajstić information content (AvgIpc) is 2.89. The third-order valence-corrected chi connectivity index (χ3v) is 4.00. The maximum atomic E-state index is 12.2. The fourth-order valence-corrected chi connectivity index (χ4v) is 2.80. The van der Waals surface area contributed by atoms with Gasteiger partial charge in [0.2, 0.25) is 0 Å². The van der Waals surface area contributed by atoms with Crippen molar-refractivity contribution in [1.82, 2.24) is 15.1 Å². The molecule has 134 valence electrons. The van der Waals surface area contributed by atoms with Crippen LogP contribution in [0.4, 0.5) is 0 Å². The van der Waals surface area contributed by atoms with E-state index >= 15 is 0 Å². The number of hydrogen-bond acceptors (Lipinski definition) is 3. The van der Waals surface area contributed by atoms with Gasteiger partial charge in [0.05, 0.1) is 17.3 Å². The molecule has 2 rings (SSSR count). The topological polar surface area (TPSA) is 84.2 Å². The fourth-order valence-electron chi connectivity index (χ4n) is 2.80. The molecule has 0 radical (unpaired) electrons. The minimum absolute atomic E-state index is 0.131. The SMILES string of the molecule is Cc1cc(C)n(-c2ccc(C(=O)NCC(CC(C)C)C(=O)O)cc2)n1. The van der Waals surface area contributed by atoms with Crippen molar-refractivity contribution in [3.05, 3.63) is 47.3 Å². The molecule has 1 unspecified atom stereocenters. The Kier molecular flexibility index (Phi) is 5.96. The fraction of sp³-hybridized carbons (Fsp3) is 0.421. The van der Waals surface area contributed by atoms with Crippen molar-refractivity contribution in [2.75, 3.05) is 6.54 Å². The zero-order valence-electron chi connectivity index (χ0n) is 15.1. The molecule has 1 aromatic carbocycles. The Labute approximate surface area is 147 Å². The molecule has 0 aliphatic rings. The van der Waals surface area contributed by atoms with Crippen LogP contribution in [0.3, 0.4) is 0 Å². The quantitative estimate of drug-likeness (QED) is 0.809. The van der Waals surface area contributed by atoms with E-state index in [4.69, 9.17) is 0 Å². The number of nitrogens with one attached hydrogen (secondary N) is 1. The second-order valence-electron chi connectivity index (χ2n) is 6.76. The van der Waals surface area contributed by atoms with Gasteiger partial charge in [-0.2, -0.15) is 5.10 Å². The Bertz CT molecular complexity index is 748. The third-order valence-electron chi connectivity index (χ3n) is 4.00. The van der Waals surface area contributed by atoms with Crippen molar-refractivity contribution < 1.29 is 14.7 Å². The normalized spacial score (nSPS) is 12.2. The van der Waals surface area contributed by atoms with E-state index in [9.17, 15) is 14.7 Å². The van der Waals surface area contributed by atoms with Crippen molar-refractivity contribution in [3.8, 4) is 5.69 Å². The zero-order chi connectivity index (χ0) is 18.6. The van der Waals surface area contributed by atoms with E-state index in [1.54, 1.807) is 12.1 Å². The molecule has 0 spiro atoms. The number of hydrogen-bond donors (Lipinski definition) is 2. The lowest BCUT2D eigenvalue weighted by atomic mass is 9.97. The van der Waals surface area contributed by atoms with Gasteiger partial charge in [-0.05, 0) is 56.5 Å². The molecule has 1 atom stereocenters. The molecular weight excluding hydrogens is 318 g/mol. The van der Waals surface area contributed by atoms with Crippen LogP contribution < -0.4 is 5.32 Å². The summed E-state index contributed by atoms with van der Waals surface area (Å²) in [5.41, 5.74) is 3.33. The third kappa shape index (κ3) is 4.92. The van der Waals surface area contributed by atoms with Crippen LogP contribution in [0.25, 0.3) is 5.69 Å². The Balaban J connectivity index is 2.03. The lowest BCUT2D eigenvalue weighted by Crippen LogP contribution is -2.33. The highest BCUT2D eigenvalue weighted by atomic mass is 16.4. The number of rotatable bonds is 7. The molecule has 1 amide bonds. The summed E-state index contributed by atoms with van der Waals surface area (Å²) in [4.78, 5) is 23.5. The highest BCUT2D eigenvalue weighted by Gasteiger charge is 2.20. The number of carboxylic acids is 1. The second kappa shape index (κ2) is 7.96. The Morgan fingerprint density at radius 3 is 2.32 bits per heavy atom. The van der Waals surface area contributed by atoms with Crippen molar-refractivity contribution in [3.63, 3.8) is 0 Å². The van der Waals surface area contributed by atoms with Gasteiger partial charge in [-0.25, -0.2) is 4.68 Å². The van der Waals surface area contributed by atoms with Gasteiger partial charge in [0.25, 0.3) is 5.91 Å². The van der Waals surface area contributed by atoms with E-state index in [1.165, 1.54) is 0 Å². The number of aliphatic carboxylic acids is 1. The van der Waals surface area contributed by atoms with Gasteiger partial charge in [0.15, 0.2) is 0 Å². The van der Waals surface area contributed by atoms with Crippen molar-refractivity contribution >= 4 is 11.9 Å². The summed E-state index contributed by atoms with van der Waals surface area (Å²) in [5.74, 6) is -1.46. The van der Waals surface area contributed by atoms with E-state index in [-0.39, 0.29) is 18.4 Å². The van der Waals surface area contributed by atoms with E-state index in [0.717, 1.165) is 17.1 Å². The number of carbonyl (C=O) groups excluding carboxylic acids is 1. The van der Waals surface area contributed by atoms with Crippen LogP contribution in [0.5, 0.6) is 0 Å². The standard InChI is InChI=1S/C19H25N3O3/c1-12(2)9-16(19(24)25)11-20-18(23)15-5-7-17(8-6-15)22-14(4)10-13(3)21-22/h5-8,10,12,16H,9,11H2,1-4H3,(H,20,23)(H,24,25). The first-order valence-electron chi connectivity index (χ1n) is 8.42. The number of aryl methyl sites for hydroxylation is 2. The van der Waals surface area contributed by atoms with E-state index < -0.39 is 11.9 Å². The molecule has 1 aromatic heterocycles. The lowest BCUT2D eigenvalue weighted by Gasteiger charge is -2.15. The van der Waals surface area contributed by atoms with Gasteiger partial charge >= 0.3 is 5.97 Å². The smallest absolute Gasteiger partial charge is 0.308 e. The molecule has 25 heavy (non-hydrogen) atoms. The summed E-state index contributed by atoms with van der Waals surface area (Å²) < 4.78 is 1.82. The molecule has 2 aromatic rings. The molecule has 0 saturated heterocycles. The van der Waals surface area contributed by atoms with E-state index in [1.807, 2.05) is 50.6 Å². The first-order valence-corrected chi connectivity index (χ1v) is 8.42. The predicted molar refractivity (Wildman–Crippen MR) is 96.0 cm³/mol. The Morgan fingerprint density at radius 2 is 1.84 bits per heavy atom. The minimum Gasteiger partial charge on any atom is -0.481 e. The van der Waals surface area contributed by atoms with Gasteiger partial charge in [0.1, 0.15) is 0 Å². The number of amides is 1. The largest absolute Gasteiger partial charge is 0.481 e. The molecule has 6 nitrogen and oxygen atoms in total. The van der Waals surface area contributed by atoms with Gasteiger partial charge < -0.3 is 10.4 Å². The summed E-state index contributed by atoms with van der Waals surface area (Å²) in [6.45, 7) is 7.97. The summed E-state index contributed by atoms with van der Waals surface area (Å²) in [5, 5.41) is 16.4. The minimum atomic E-state index is -0.881. The van der Waals surface area contributed by atoms with Crippen LogP contribution >= 0.6 is 0 Å². The molecular formula is C19H25N3O3. The number of carbonyl (C=O) groups is 2. The van der Waals surface area contributed by atoms with Gasteiger partial charge in [0, 0.05) is 17.8 Å². The first kappa shape index (κ1) is 18.7. The second-order valence-corrected chi connectivity index (χ2v) is 6.76. The summed E-state index contributed by atoms with van der Waals surface area (Å²) in [6.07, 6.45) is 0.534. The van der Waals surface area contributed by atoms with Crippen LogP contribution in [0.1, 0.15) is 42.0 Å². The molecule has 0 aliphatic carbocycles. The summed E-state index contributed by atoms with van der Waals surface area (Å²) in [7, 11) is 0. The van der Waals surface area contributed by atoms with Crippen molar-refractivity contribution in [2.24, 2.45) is 11.8 Å². The van der Waals surface area contributed by atoms with Gasteiger partial charge in [-0.1, -0.05) is 13.8 Å². The first-order chi connectivity index (χ1) is 11.8. The van der Waals surface area contributed by atoms with E-state index in [0.29, 0.717) is 12.0 Å². The molecule has 0 bridgehead atoms. The average molecular weight is 343 g/mol. The van der Waals surface area contributed by atoms with Gasteiger partial charge in [-0.3, -0.25) is 9.59 Å². The van der Waals surface area contributed by atoms with Crippen LogP contribution in [-0.2, 0) is 4.79 Å². The number of aromatic nitrogens is 2. The van der Waals surface area contributed by atoms with Crippen LogP contribution in [-0.4, -0.2) is 33.3 Å². The Morgan fingerprint density at radius 1 is 1.20 bits per heavy atom. The van der Waals surface area contributed by atoms with Crippen LogP contribution in [0, 0.1) is 25.7 Å². The maximum absolute atomic E-state index is 12.2. The number of benzene rings is 1. The summed E-state index contributed by atoms with van der Waals surface area (Å²) in [6, 6.07) is 9.09. The highest BCUT2D eigenvalue weighted by molar-refractivity contribution is 5.94. The van der Waals surface area contributed by atoms with Gasteiger partial charge in [-0.15, -0.1) is 0 Å². The lowest BCUT2D eigenvalue weighted by molar-refractivity contribution is -0.142. The molecule has 0 aliphatic heterocycles. The van der Waals surface area contributed by atoms with Crippen LogP contribution in [0.15, 0.2) is 30.3 Å². The van der Waals surface area contributed by atoms with Crippen LogP contribution in [0.2, 0.25) is 0 Å². The monoisotopic (exact) mass is 343 g/mol. The molecule has 0 saturated carbocycles. The number of nitrogens with zero attached hydrogens (tertiary/aromatic N) is 2. The zero-order valence-corrected chi connectivity index (χ0v) is 15.1. The predicted octanol–water partition coefficient (Wildman–Crippen LogP) is 2.97. The molecule has 1 heterocycles. The summed E-state index contributed by atoms with van der Waals surface area (Å²) >= 11 is 0.